The van der Waals surface area contributed by atoms with E-state index in [1.807, 2.05) is 19.9 Å². The van der Waals surface area contributed by atoms with Crippen molar-refractivity contribution >= 4 is 5.91 Å². The van der Waals surface area contributed by atoms with E-state index in [0.29, 0.717) is 64.4 Å². The molecule has 0 bridgehead atoms. The number of carbonyl (C=O) groups is 1. The Morgan fingerprint density at radius 1 is 1.08 bits per heavy atom. The SMILES string of the molecule is COCCN1C[C@H](O)C(C)(C)COCCC[C@H]2CN(Cc3ccc4c(c3)OCCO4)CC[C@H]2CC1=O. The standard InChI is InChI=1S/C28H44N2O6/c1-28(2)20-34-11-4-5-23-18-29(17-21-6-7-24-25(15-21)36-14-13-35-24)9-8-22(23)16-27(32)30(10-12-33-3)19-26(28)31/h6-7,15,22-23,26,31H,4-5,8-14,16-20H2,1-3H3/t22-,23-,26-/m0/s1. The summed E-state index contributed by atoms with van der Waals surface area (Å²) in [6, 6.07) is 6.24. The summed E-state index contributed by atoms with van der Waals surface area (Å²) in [5.74, 6) is 2.55. The smallest absolute Gasteiger partial charge is 0.223 e. The van der Waals surface area contributed by atoms with Crippen LogP contribution in [-0.4, -0.2) is 93.2 Å². The van der Waals surface area contributed by atoms with Crippen LogP contribution >= 0.6 is 0 Å². The summed E-state index contributed by atoms with van der Waals surface area (Å²) in [6.45, 7) is 10.4. The molecular weight excluding hydrogens is 460 g/mol. The van der Waals surface area contributed by atoms with Crippen LogP contribution < -0.4 is 9.47 Å². The molecule has 0 aliphatic carbocycles. The number of likely N-dealkylation sites (tertiary alicyclic amines) is 1. The van der Waals surface area contributed by atoms with Gasteiger partial charge in [-0.25, -0.2) is 0 Å². The molecule has 3 aliphatic rings. The third-order valence-corrected chi connectivity index (χ3v) is 7.98. The van der Waals surface area contributed by atoms with E-state index < -0.39 is 11.5 Å². The van der Waals surface area contributed by atoms with Crippen LogP contribution in [0.3, 0.4) is 0 Å². The molecule has 2 fully saturated rings. The number of carbonyl (C=O) groups excluding carboxylic acids is 1. The van der Waals surface area contributed by atoms with Gasteiger partial charge in [0, 0.05) is 51.7 Å². The molecular formula is C28H44N2O6. The van der Waals surface area contributed by atoms with Gasteiger partial charge in [0.1, 0.15) is 13.2 Å². The third kappa shape index (κ3) is 7.12. The van der Waals surface area contributed by atoms with Gasteiger partial charge in [0.15, 0.2) is 11.5 Å². The zero-order valence-electron chi connectivity index (χ0n) is 22.2. The first kappa shape index (κ1) is 27.2. The molecule has 0 unspecified atom stereocenters. The van der Waals surface area contributed by atoms with E-state index >= 15 is 0 Å². The van der Waals surface area contributed by atoms with Crippen molar-refractivity contribution in [2.75, 3.05) is 66.3 Å². The van der Waals surface area contributed by atoms with E-state index in [-0.39, 0.29) is 5.91 Å². The van der Waals surface area contributed by atoms with Crippen molar-refractivity contribution < 1.29 is 28.8 Å². The molecule has 3 heterocycles. The highest BCUT2D eigenvalue weighted by Crippen LogP contribution is 2.34. The summed E-state index contributed by atoms with van der Waals surface area (Å²) in [6.07, 6.45) is 2.88. The Morgan fingerprint density at radius 3 is 2.69 bits per heavy atom. The number of aliphatic hydroxyl groups is 1. The molecule has 202 valence electrons. The number of hydrogen-bond acceptors (Lipinski definition) is 7. The zero-order valence-corrected chi connectivity index (χ0v) is 22.2. The van der Waals surface area contributed by atoms with Gasteiger partial charge in [-0.2, -0.15) is 0 Å². The fourth-order valence-electron chi connectivity index (χ4n) is 5.55. The summed E-state index contributed by atoms with van der Waals surface area (Å²) >= 11 is 0. The van der Waals surface area contributed by atoms with Crippen molar-refractivity contribution in [3.63, 3.8) is 0 Å². The van der Waals surface area contributed by atoms with Crippen LogP contribution in [0.15, 0.2) is 18.2 Å². The number of β-amino-alcohol motifs (C(OH)–C–C–N with tert-alkyl or cyclic N) is 1. The van der Waals surface area contributed by atoms with Gasteiger partial charge in [0.2, 0.25) is 5.91 Å². The molecule has 1 aromatic rings. The fourth-order valence-corrected chi connectivity index (χ4v) is 5.55. The molecule has 4 rings (SSSR count). The molecule has 36 heavy (non-hydrogen) atoms. The molecule has 0 radical (unpaired) electrons. The molecule has 3 atom stereocenters. The Hall–Kier alpha value is -1.87. The van der Waals surface area contributed by atoms with Gasteiger partial charge in [0.05, 0.1) is 19.3 Å². The lowest BCUT2D eigenvalue weighted by atomic mass is 9.80. The average Bonchev–Trinajstić information content (AvgIpc) is 2.87. The van der Waals surface area contributed by atoms with Crippen LogP contribution in [0.1, 0.15) is 45.1 Å². The minimum atomic E-state index is -0.650. The number of ether oxygens (including phenoxy) is 4. The minimum absolute atomic E-state index is 0.123. The topological polar surface area (TPSA) is 80.7 Å². The maximum atomic E-state index is 13.4. The number of aliphatic hydroxyl groups excluding tert-OH is 1. The summed E-state index contributed by atoms with van der Waals surface area (Å²) in [5.41, 5.74) is 0.802. The van der Waals surface area contributed by atoms with Crippen LogP contribution in [0.2, 0.25) is 0 Å². The van der Waals surface area contributed by atoms with Crippen LogP contribution in [0.4, 0.5) is 0 Å². The first-order valence-corrected chi connectivity index (χ1v) is 13.5. The lowest BCUT2D eigenvalue weighted by molar-refractivity contribution is -0.137. The summed E-state index contributed by atoms with van der Waals surface area (Å²) < 4.78 is 22.7. The number of amides is 1. The Balaban J connectivity index is 1.43. The van der Waals surface area contributed by atoms with Gasteiger partial charge in [0.25, 0.3) is 0 Å². The van der Waals surface area contributed by atoms with E-state index in [2.05, 4.69) is 17.0 Å². The largest absolute Gasteiger partial charge is 0.486 e. The molecule has 2 saturated heterocycles. The van der Waals surface area contributed by atoms with Crippen LogP contribution in [0.25, 0.3) is 0 Å². The van der Waals surface area contributed by atoms with Crippen molar-refractivity contribution in [1.82, 2.24) is 9.80 Å². The predicted octanol–water partition coefficient (Wildman–Crippen LogP) is 2.96. The quantitative estimate of drug-likeness (QED) is 0.660. The molecule has 8 heteroatoms. The van der Waals surface area contributed by atoms with Gasteiger partial charge in [-0.15, -0.1) is 0 Å². The number of benzene rings is 1. The highest BCUT2D eigenvalue weighted by atomic mass is 16.6. The number of fused-ring (bicyclic) bond motifs is 2. The molecule has 1 aromatic carbocycles. The first-order chi connectivity index (χ1) is 17.4. The van der Waals surface area contributed by atoms with Gasteiger partial charge < -0.3 is 29.0 Å². The van der Waals surface area contributed by atoms with E-state index in [1.54, 1.807) is 12.0 Å². The van der Waals surface area contributed by atoms with Gasteiger partial charge in [-0.3, -0.25) is 9.69 Å². The second kappa shape index (κ2) is 12.6. The number of piperidine rings is 1. The fraction of sp³-hybridized carbons (Fsp3) is 0.750. The molecule has 0 aromatic heterocycles. The molecule has 8 nitrogen and oxygen atoms in total. The van der Waals surface area contributed by atoms with E-state index in [9.17, 15) is 9.90 Å². The molecule has 0 spiro atoms. The molecule has 0 saturated carbocycles. The van der Waals surface area contributed by atoms with Crippen molar-refractivity contribution in [2.24, 2.45) is 17.3 Å². The third-order valence-electron chi connectivity index (χ3n) is 7.98. The Labute approximate surface area is 215 Å². The Kier molecular flexibility index (Phi) is 9.50. The van der Waals surface area contributed by atoms with Crippen LogP contribution in [0, 0.1) is 17.3 Å². The summed E-state index contributed by atoms with van der Waals surface area (Å²) in [5, 5.41) is 10.9. The first-order valence-electron chi connectivity index (χ1n) is 13.5. The highest BCUT2D eigenvalue weighted by Gasteiger charge is 2.35. The van der Waals surface area contributed by atoms with Crippen molar-refractivity contribution in [1.29, 1.82) is 0 Å². The normalized spacial score (nSPS) is 27.9. The highest BCUT2D eigenvalue weighted by molar-refractivity contribution is 5.76. The minimum Gasteiger partial charge on any atom is -0.486 e. The van der Waals surface area contributed by atoms with Crippen molar-refractivity contribution in [2.45, 2.75) is 52.2 Å². The second-order valence-electron chi connectivity index (χ2n) is 11.3. The molecule has 3 aliphatic heterocycles. The molecule has 1 N–H and O–H groups in total. The lowest BCUT2D eigenvalue weighted by Gasteiger charge is -2.39. The monoisotopic (exact) mass is 504 g/mol. The second-order valence-corrected chi connectivity index (χ2v) is 11.3. The Morgan fingerprint density at radius 2 is 1.89 bits per heavy atom. The van der Waals surface area contributed by atoms with Crippen molar-refractivity contribution in [3.05, 3.63) is 23.8 Å². The summed E-state index contributed by atoms with van der Waals surface area (Å²) in [4.78, 5) is 17.7. The van der Waals surface area contributed by atoms with Gasteiger partial charge >= 0.3 is 0 Å². The number of nitrogens with zero attached hydrogens (tertiary/aromatic N) is 2. The van der Waals surface area contributed by atoms with E-state index in [1.165, 1.54) is 5.56 Å². The van der Waals surface area contributed by atoms with Crippen LogP contribution in [-0.2, 0) is 20.8 Å². The van der Waals surface area contributed by atoms with E-state index in [4.69, 9.17) is 18.9 Å². The number of methoxy groups -OCH3 is 1. The van der Waals surface area contributed by atoms with Crippen LogP contribution in [0.5, 0.6) is 11.5 Å². The van der Waals surface area contributed by atoms with E-state index in [0.717, 1.165) is 50.4 Å². The summed E-state index contributed by atoms with van der Waals surface area (Å²) in [7, 11) is 1.65. The number of rotatable bonds is 5. The molecule has 1 amide bonds. The number of hydrogen-bond donors (Lipinski definition) is 1. The maximum Gasteiger partial charge on any atom is 0.223 e. The van der Waals surface area contributed by atoms with Crippen molar-refractivity contribution in [3.8, 4) is 11.5 Å². The Bertz CT molecular complexity index is 862. The predicted molar refractivity (Wildman–Crippen MR) is 137 cm³/mol. The zero-order chi connectivity index (χ0) is 25.5. The maximum absolute atomic E-state index is 13.4. The van der Waals surface area contributed by atoms with Gasteiger partial charge in [-0.1, -0.05) is 19.9 Å². The van der Waals surface area contributed by atoms with Gasteiger partial charge in [-0.05, 0) is 55.3 Å². The average molecular weight is 505 g/mol. The lowest BCUT2D eigenvalue weighted by Crippen LogP contribution is -2.47.